The lowest BCUT2D eigenvalue weighted by atomic mass is 9.78. The monoisotopic (exact) mass is 414 g/mol. The first-order valence-corrected chi connectivity index (χ1v) is 11.4. The number of likely N-dealkylation sites (tertiary alicyclic amines) is 1. The molecule has 5 rings (SSSR count). The molecule has 3 saturated heterocycles. The van der Waals surface area contributed by atoms with E-state index in [1.54, 1.807) is 9.80 Å². The van der Waals surface area contributed by atoms with Crippen molar-refractivity contribution in [3.05, 3.63) is 11.3 Å². The number of nitrogens with one attached hydrogen (secondary N) is 1. The van der Waals surface area contributed by atoms with Gasteiger partial charge in [-0.3, -0.25) is 19.2 Å². The third kappa shape index (κ3) is 2.87. The van der Waals surface area contributed by atoms with E-state index in [4.69, 9.17) is 5.73 Å². The van der Waals surface area contributed by atoms with E-state index in [2.05, 4.69) is 5.32 Å². The Balaban J connectivity index is 1.54. The summed E-state index contributed by atoms with van der Waals surface area (Å²) in [5, 5.41) is 2.88. The lowest BCUT2D eigenvalue weighted by Crippen LogP contribution is -2.55. The van der Waals surface area contributed by atoms with E-state index in [9.17, 15) is 19.2 Å². The lowest BCUT2D eigenvalue weighted by molar-refractivity contribution is -0.141. The summed E-state index contributed by atoms with van der Waals surface area (Å²) >= 11 is 0. The predicted molar refractivity (Wildman–Crippen MR) is 108 cm³/mol. The second-order valence-electron chi connectivity index (χ2n) is 9.61. The second kappa shape index (κ2) is 7.10. The third-order valence-electron chi connectivity index (χ3n) is 7.97. The van der Waals surface area contributed by atoms with E-state index in [0.29, 0.717) is 43.8 Å². The van der Waals surface area contributed by atoms with E-state index in [-0.39, 0.29) is 23.8 Å². The molecular weight excluding hydrogens is 384 g/mol. The molecule has 4 heterocycles. The van der Waals surface area contributed by atoms with Gasteiger partial charge in [0, 0.05) is 19.0 Å². The molecule has 1 aliphatic carbocycles. The van der Waals surface area contributed by atoms with Crippen LogP contribution in [0.5, 0.6) is 0 Å². The molecule has 5 aliphatic rings. The van der Waals surface area contributed by atoms with E-state index in [0.717, 1.165) is 44.1 Å². The predicted octanol–water partition coefficient (Wildman–Crippen LogP) is 0.951. The standard InChI is InChI=1S/C22H30N4O4/c23-19(28)16-7-6-14-12-15(13-4-2-1-3-5-13)18(20(29)26(14)16)25-11-10-22(21(25)30)9-8-17(27)24-22/h13-14,16H,1-12H2,(H2,23,28)(H,24,27)/t14-,16-,22+/m0/s1. The molecule has 0 aromatic heterocycles. The van der Waals surface area contributed by atoms with Gasteiger partial charge in [0.25, 0.3) is 11.8 Å². The topological polar surface area (TPSA) is 113 Å². The van der Waals surface area contributed by atoms with E-state index >= 15 is 0 Å². The maximum atomic E-state index is 13.8. The second-order valence-corrected chi connectivity index (χ2v) is 9.61. The average Bonchev–Trinajstić information content (AvgIpc) is 3.42. The largest absolute Gasteiger partial charge is 0.368 e. The van der Waals surface area contributed by atoms with Crippen LogP contribution in [0.15, 0.2) is 11.3 Å². The molecule has 4 fully saturated rings. The van der Waals surface area contributed by atoms with Crippen LogP contribution in [0.2, 0.25) is 0 Å². The molecule has 3 atom stereocenters. The summed E-state index contributed by atoms with van der Waals surface area (Å²) in [6.07, 6.45) is 9.02. The van der Waals surface area contributed by atoms with Crippen molar-refractivity contribution in [2.45, 2.75) is 88.3 Å². The fourth-order valence-corrected chi connectivity index (χ4v) is 6.43. The van der Waals surface area contributed by atoms with Crippen LogP contribution in [0.4, 0.5) is 0 Å². The first-order chi connectivity index (χ1) is 14.4. The molecule has 8 heteroatoms. The molecule has 0 aromatic rings. The van der Waals surface area contributed by atoms with Gasteiger partial charge in [0.2, 0.25) is 11.8 Å². The van der Waals surface area contributed by atoms with Gasteiger partial charge in [0.05, 0.1) is 0 Å². The highest BCUT2D eigenvalue weighted by molar-refractivity contribution is 6.05. The summed E-state index contributed by atoms with van der Waals surface area (Å²) in [5.41, 5.74) is 6.31. The number of amides is 4. The van der Waals surface area contributed by atoms with Gasteiger partial charge >= 0.3 is 0 Å². The average molecular weight is 415 g/mol. The van der Waals surface area contributed by atoms with E-state index in [1.807, 2.05) is 0 Å². The number of hydrogen-bond donors (Lipinski definition) is 2. The van der Waals surface area contributed by atoms with Crippen LogP contribution >= 0.6 is 0 Å². The molecule has 0 bridgehead atoms. The van der Waals surface area contributed by atoms with Crippen molar-refractivity contribution in [1.29, 1.82) is 0 Å². The summed E-state index contributed by atoms with van der Waals surface area (Å²) in [5.74, 6) is -0.648. The normalized spacial score (nSPS) is 34.9. The highest BCUT2D eigenvalue weighted by Gasteiger charge is 2.55. The number of primary amides is 1. The van der Waals surface area contributed by atoms with Crippen molar-refractivity contribution in [3.8, 4) is 0 Å². The minimum atomic E-state index is -0.868. The SMILES string of the molecule is NC(=O)[C@@H]1CC[C@H]2CC(C3CCCCC3)=C(N3CC[C@]4(CCC(=O)N4)C3=O)C(=O)N21. The molecule has 162 valence electrons. The summed E-state index contributed by atoms with van der Waals surface area (Å²) in [7, 11) is 0. The Labute approximate surface area is 176 Å². The number of nitrogens with two attached hydrogens (primary N) is 1. The maximum absolute atomic E-state index is 13.8. The third-order valence-corrected chi connectivity index (χ3v) is 7.97. The Morgan fingerprint density at radius 2 is 1.80 bits per heavy atom. The zero-order valence-electron chi connectivity index (χ0n) is 17.3. The highest BCUT2D eigenvalue weighted by atomic mass is 16.2. The molecule has 0 aromatic carbocycles. The molecule has 30 heavy (non-hydrogen) atoms. The van der Waals surface area contributed by atoms with Crippen LogP contribution in [-0.2, 0) is 19.2 Å². The number of fused-ring (bicyclic) bond motifs is 1. The van der Waals surface area contributed by atoms with Crippen molar-refractivity contribution in [2.75, 3.05) is 6.54 Å². The first-order valence-electron chi connectivity index (χ1n) is 11.4. The Kier molecular flexibility index (Phi) is 4.63. The van der Waals surface area contributed by atoms with Crippen LogP contribution in [0.25, 0.3) is 0 Å². The molecule has 4 aliphatic heterocycles. The molecule has 0 radical (unpaired) electrons. The molecule has 3 N–H and O–H groups in total. The van der Waals surface area contributed by atoms with Crippen LogP contribution in [0.1, 0.15) is 70.6 Å². The summed E-state index contributed by atoms with van der Waals surface area (Å²) in [6, 6.07) is -0.600. The smallest absolute Gasteiger partial charge is 0.271 e. The van der Waals surface area contributed by atoms with Gasteiger partial charge in [0.1, 0.15) is 17.3 Å². The zero-order chi connectivity index (χ0) is 21.0. The summed E-state index contributed by atoms with van der Waals surface area (Å²) < 4.78 is 0. The zero-order valence-corrected chi connectivity index (χ0v) is 17.3. The van der Waals surface area contributed by atoms with Gasteiger partial charge in [-0.15, -0.1) is 0 Å². The first kappa shape index (κ1) is 19.6. The summed E-state index contributed by atoms with van der Waals surface area (Å²) in [4.78, 5) is 54.4. The fourth-order valence-electron chi connectivity index (χ4n) is 6.43. The van der Waals surface area contributed by atoms with Gasteiger partial charge < -0.3 is 20.9 Å². The van der Waals surface area contributed by atoms with Crippen LogP contribution in [0, 0.1) is 5.92 Å². The number of nitrogens with zero attached hydrogens (tertiary/aromatic N) is 2. The van der Waals surface area contributed by atoms with Gasteiger partial charge in [0.15, 0.2) is 0 Å². The molecule has 0 unspecified atom stereocenters. The maximum Gasteiger partial charge on any atom is 0.271 e. The van der Waals surface area contributed by atoms with Crippen molar-refractivity contribution < 1.29 is 19.2 Å². The minimum absolute atomic E-state index is 0.00600. The quantitative estimate of drug-likeness (QED) is 0.716. The van der Waals surface area contributed by atoms with E-state index < -0.39 is 17.5 Å². The van der Waals surface area contributed by atoms with Crippen molar-refractivity contribution in [3.63, 3.8) is 0 Å². The Morgan fingerprint density at radius 3 is 2.47 bits per heavy atom. The Morgan fingerprint density at radius 1 is 1.03 bits per heavy atom. The van der Waals surface area contributed by atoms with Gasteiger partial charge in [-0.2, -0.15) is 0 Å². The molecule has 1 saturated carbocycles. The van der Waals surface area contributed by atoms with Crippen molar-refractivity contribution in [1.82, 2.24) is 15.1 Å². The van der Waals surface area contributed by atoms with Crippen molar-refractivity contribution >= 4 is 23.6 Å². The number of carbonyl (C=O) groups is 4. The minimum Gasteiger partial charge on any atom is -0.368 e. The fraction of sp³-hybridized carbons (Fsp3) is 0.727. The van der Waals surface area contributed by atoms with Gasteiger partial charge in [-0.25, -0.2) is 0 Å². The molecular formula is C22H30N4O4. The van der Waals surface area contributed by atoms with Crippen molar-refractivity contribution in [2.24, 2.45) is 11.7 Å². The van der Waals surface area contributed by atoms with Crippen LogP contribution < -0.4 is 11.1 Å². The molecule has 1 spiro atoms. The molecule has 4 amide bonds. The number of rotatable bonds is 3. The highest BCUT2D eigenvalue weighted by Crippen LogP contribution is 2.45. The Hall–Kier alpha value is -2.38. The number of carbonyl (C=O) groups excluding carboxylic acids is 4. The Bertz CT molecular complexity index is 846. The van der Waals surface area contributed by atoms with Crippen LogP contribution in [0.3, 0.4) is 0 Å². The van der Waals surface area contributed by atoms with Crippen LogP contribution in [-0.4, -0.2) is 57.6 Å². The number of hydrogen-bond acceptors (Lipinski definition) is 4. The van der Waals surface area contributed by atoms with Gasteiger partial charge in [-0.05, 0) is 56.4 Å². The lowest BCUT2D eigenvalue weighted by Gasteiger charge is -2.41. The van der Waals surface area contributed by atoms with Gasteiger partial charge in [-0.1, -0.05) is 19.3 Å². The summed E-state index contributed by atoms with van der Waals surface area (Å²) in [6.45, 7) is 0.427. The molecule has 8 nitrogen and oxygen atoms in total. The van der Waals surface area contributed by atoms with E-state index in [1.165, 1.54) is 6.42 Å².